The molecule has 0 aliphatic carbocycles. The molecule has 102 valence electrons. The molecule has 0 aliphatic heterocycles. The molecular formula is C12H7Cl3F2OS. The third-order valence-corrected chi connectivity index (χ3v) is 4.35. The highest BCUT2D eigenvalue weighted by atomic mass is 35.5. The lowest BCUT2D eigenvalue weighted by Gasteiger charge is -2.14. The summed E-state index contributed by atoms with van der Waals surface area (Å²) in [6.45, 7) is -2.91. The quantitative estimate of drug-likeness (QED) is 0.620. The number of ether oxygens (including phenoxy) is 1. The van der Waals surface area contributed by atoms with Crippen LogP contribution in [-0.4, -0.2) is 6.61 Å². The van der Waals surface area contributed by atoms with Crippen molar-refractivity contribution in [3.63, 3.8) is 0 Å². The molecule has 1 aromatic heterocycles. The van der Waals surface area contributed by atoms with Gasteiger partial charge in [0.2, 0.25) is 0 Å². The highest BCUT2D eigenvalue weighted by Gasteiger charge is 2.21. The predicted octanol–water partition coefficient (Wildman–Crippen LogP) is 5.98. The Labute approximate surface area is 127 Å². The fraction of sp³-hybridized carbons (Fsp3) is 0.167. The van der Waals surface area contributed by atoms with Crippen molar-refractivity contribution < 1.29 is 13.5 Å². The summed E-state index contributed by atoms with van der Waals surface area (Å²) < 4.78 is 30.0. The lowest BCUT2D eigenvalue weighted by Crippen LogP contribution is -2.05. The standard InChI is InChI=1S/C12H7Cl3F2OS/c13-9-5-7(11(15)19-9)10(14)6-3-1-2-4-8(6)18-12(16)17/h1-5,10,12H. The Morgan fingerprint density at radius 2 is 1.79 bits per heavy atom. The molecule has 1 aromatic carbocycles. The first-order valence-electron chi connectivity index (χ1n) is 5.11. The van der Waals surface area contributed by atoms with E-state index in [4.69, 9.17) is 34.8 Å². The maximum atomic E-state index is 12.3. The van der Waals surface area contributed by atoms with Crippen molar-refractivity contribution in [3.05, 3.63) is 50.1 Å². The number of hydrogen-bond acceptors (Lipinski definition) is 2. The van der Waals surface area contributed by atoms with Crippen LogP contribution < -0.4 is 4.74 Å². The van der Waals surface area contributed by atoms with E-state index in [1.54, 1.807) is 24.3 Å². The first-order valence-corrected chi connectivity index (χ1v) is 7.12. The smallest absolute Gasteiger partial charge is 0.387 e. The minimum absolute atomic E-state index is 0.0240. The molecule has 0 amide bonds. The number of rotatable bonds is 4. The van der Waals surface area contributed by atoms with Crippen molar-refractivity contribution in [2.75, 3.05) is 0 Å². The van der Waals surface area contributed by atoms with Crippen molar-refractivity contribution in [3.8, 4) is 5.75 Å². The topological polar surface area (TPSA) is 9.23 Å². The molecule has 0 spiro atoms. The van der Waals surface area contributed by atoms with Crippen LogP contribution in [0.5, 0.6) is 5.75 Å². The molecule has 2 rings (SSSR count). The number of para-hydroxylation sites is 1. The molecule has 2 aromatic rings. The van der Waals surface area contributed by atoms with Crippen molar-refractivity contribution in [1.82, 2.24) is 0 Å². The molecule has 7 heteroatoms. The molecule has 0 fully saturated rings. The second-order valence-corrected chi connectivity index (χ2v) is 6.28. The van der Waals surface area contributed by atoms with E-state index in [1.165, 1.54) is 17.4 Å². The van der Waals surface area contributed by atoms with Crippen LogP contribution in [0, 0.1) is 0 Å². The largest absolute Gasteiger partial charge is 0.434 e. The molecular weight excluding hydrogens is 337 g/mol. The van der Waals surface area contributed by atoms with E-state index in [0.29, 0.717) is 19.8 Å². The zero-order valence-electron chi connectivity index (χ0n) is 9.25. The van der Waals surface area contributed by atoms with Crippen LogP contribution >= 0.6 is 46.1 Å². The molecule has 1 unspecified atom stereocenters. The van der Waals surface area contributed by atoms with Gasteiger partial charge in [-0.15, -0.1) is 22.9 Å². The maximum absolute atomic E-state index is 12.3. The number of benzene rings is 1. The van der Waals surface area contributed by atoms with Gasteiger partial charge < -0.3 is 4.74 Å². The van der Waals surface area contributed by atoms with Gasteiger partial charge in [-0.05, 0) is 12.1 Å². The highest BCUT2D eigenvalue weighted by Crippen LogP contribution is 2.43. The molecule has 0 N–H and O–H groups in total. The summed E-state index contributed by atoms with van der Waals surface area (Å²) in [5.41, 5.74) is 0.990. The first-order chi connectivity index (χ1) is 8.99. The molecule has 1 nitrogen and oxygen atoms in total. The Hall–Kier alpha value is -0.550. The summed E-state index contributed by atoms with van der Waals surface area (Å²) in [6, 6.07) is 7.93. The van der Waals surface area contributed by atoms with E-state index in [2.05, 4.69) is 4.74 Å². The SMILES string of the molecule is FC(F)Oc1ccccc1C(Cl)c1cc(Cl)sc1Cl. The van der Waals surface area contributed by atoms with Gasteiger partial charge in [-0.25, -0.2) is 0 Å². The average molecular weight is 344 g/mol. The molecule has 0 saturated carbocycles. The van der Waals surface area contributed by atoms with Gasteiger partial charge in [0, 0.05) is 11.1 Å². The summed E-state index contributed by atoms with van der Waals surface area (Å²) >= 11 is 19.3. The predicted molar refractivity (Wildman–Crippen MR) is 75.1 cm³/mol. The van der Waals surface area contributed by atoms with E-state index < -0.39 is 12.0 Å². The molecule has 1 heterocycles. The Bertz CT molecular complexity index is 574. The van der Waals surface area contributed by atoms with Crippen LogP contribution in [0.15, 0.2) is 30.3 Å². The van der Waals surface area contributed by atoms with Gasteiger partial charge in [0.05, 0.1) is 14.0 Å². The fourth-order valence-electron chi connectivity index (χ4n) is 1.59. The van der Waals surface area contributed by atoms with Crippen molar-refractivity contribution in [1.29, 1.82) is 0 Å². The maximum Gasteiger partial charge on any atom is 0.387 e. The molecule has 1 atom stereocenters. The lowest BCUT2D eigenvalue weighted by molar-refractivity contribution is -0.0504. The summed E-state index contributed by atoms with van der Waals surface area (Å²) in [5, 5.41) is -0.703. The Morgan fingerprint density at radius 3 is 2.37 bits per heavy atom. The molecule has 0 aliphatic rings. The van der Waals surface area contributed by atoms with Gasteiger partial charge in [0.25, 0.3) is 0 Å². The van der Waals surface area contributed by atoms with E-state index >= 15 is 0 Å². The number of hydrogen-bond donors (Lipinski definition) is 0. The van der Waals surface area contributed by atoms with Crippen molar-refractivity contribution in [2.45, 2.75) is 12.0 Å². The lowest BCUT2D eigenvalue weighted by atomic mass is 10.1. The van der Waals surface area contributed by atoms with Crippen LogP contribution in [0.2, 0.25) is 8.67 Å². The summed E-state index contributed by atoms with van der Waals surface area (Å²) in [7, 11) is 0. The van der Waals surface area contributed by atoms with Crippen LogP contribution in [0.3, 0.4) is 0 Å². The molecule has 0 radical (unpaired) electrons. The van der Waals surface area contributed by atoms with Gasteiger partial charge in [-0.3, -0.25) is 0 Å². The number of halogens is 5. The minimum Gasteiger partial charge on any atom is -0.434 e. The first kappa shape index (κ1) is 14.9. The summed E-state index contributed by atoms with van der Waals surface area (Å²) in [5.74, 6) is 0.0240. The zero-order valence-corrected chi connectivity index (χ0v) is 12.3. The van der Waals surface area contributed by atoms with Gasteiger partial charge >= 0.3 is 6.61 Å². The van der Waals surface area contributed by atoms with E-state index in [1.807, 2.05) is 0 Å². The summed E-state index contributed by atoms with van der Waals surface area (Å²) in [6.07, 6.45) is 0. The molecule has 0 bridgehead atoms. The fourth-order valence-corrected chi connectivity index (χ4v) is 3.59. The van der Waals surface area contributed by atoms with Crippen molar-refractivity contribution in [2.24, 2.45) is 0 Å². The summed E-state index contributed by atoms with van der Waals surface area (Å²) in [4.78, 5) is 0. The zero-order chi connectivity index (χ0) is 14.0. The Balaban J connectivity index is 2.38. The monoisotopic (exact) mass is 342 g/mol. The normalized spacial score (nSPS) is 12.7. The second kappa shape index (κ2) is 6.27. The third kappa shape index (κ3) is 3.51. The molecule has 0 saturated heterocycles. The van der Waals surface area contributed by atoms with Crippen LogP contribution in [0.4, 0.5) is 8.78 Å². The Kier molecular flexibility index (Phi) is 4.90. The van der Waals surface area contributed by atoms with Gasteiger partial charge in [0.15, 0.2) is 0 Å². The minimum atomic E-state index is -2.91. The number of thiophene rings is 1. The number of alkyl halides is 3. The second-order valence-electron chi connectivity index (χ2n) is 3.56. The van der Waals surface area contributed by atoms with E-state index in [-0.39, 0.29) is 5.75 Å². The third-order valence-electron chi connectivity index (χ3n) is 2.36. The van der Waals surface area contributed by atoms with E-state index in [9.17, 15) is 8.78 Å². The van der Waals surface area contributed by atoms with Crippen LogP contribution in [0.1, 0.15) is 16.5 Å². The Morgan fingerprint density at radius 1 is 1.11 bits per heavy atom. The van der Waals surface area contributed by atoms with Gasteiger partial charge in [0.1, 0.15) is 5.75 Å². The highest BCUT2D eigenvalue weighted by molar-refractivity contribution is 7.20. The van der Waals surface area contributed by atoms with Crippen LogP contribution in [-0.2, 0) is 0 Å². The van der Waals surface area contributed by atoms with Gasteiger partial charge in [-0.1, -0.05) is 41.4 Å². The van der Waals surface area contributed by atoms with Gasteiger partial charge in [-0.2, -0.15) is 8.78 Å². The molecule has 19 heavy (non-hydrogen) atoms. The average Bonchev–Trinajstić information content (AvgIpc) is 2.67. The van der Waals surface area contributed by atoms with Crippen LogP contribution in [0.25, 0.3) is 0 Å². The van der Waals surface area contributed by atoms with Crippen molar-refractivity contribution >= 4 is 46.1 Å². The van der Waals surface area contributed by atoms with E-state index in [0.717, 1.165) is 0 Å².